The highest BCUT2D eigenvalue weighted by molar-refractivity contribution is 5.82. The van der Waals surface area contributed by atoms with E-state index < -0.39 is 4.92 Å². The maximum atomic E-state index is 11.1. The van der Waals surface area contributed by atoms with Gasteiger partial charge in [0.05, 0.1) is 7.05 Å². The summed E-state index contributed by atoms with van der Waals surface area (Å²) in [5.74, 6) is 2.70. The number of nitrogens with zero attached hydrogens (tertiary/aromatic N) is 9. The van der Waals surface area contributed by atoms with Crippen molar-refractivity contribution in [2.45, 2.75) is 26.7 Å². The smallest absolute Gasteiger partial charge is 0.343 e. The Morgan fingerprint density at radius 3 is 2.68 bits per heavy atom. The van der Waals surface area contributed by atoms with Crippen LogP contribution in [0.3, 0.4) is 0 Å². The molecule has 1 aliphatic heterocycles. The van der Waals surface area contributed by atoms with E-state index in [9.17, 15) is 10.1 Å². The van der Waals surface area contributed by atoms with Crippen molar-refractivity contribution in [3.8, 4) is 11.6 Å². The Bertz CT molecular complexity index is 1060. The summed E-state index contributed by atoms with van der Waals surface area (Å²) >= 11 is 0. The van der Waals surface area contributed by atoms with Crippen molar-refractivity contribution in [3.05, 3.63) is 28.4 Å². The van der Waals surface area contributed by atoms with Gasteiger partial charge < -0.3 is 15.0 Å². The summed E-state index contributed by atoms with van der Waals surface area (Å²) in [5.41, 5.74) is 0.518. The lowest BCUT2D eigenvalue weighted by molar-refractivity contribution is -0.391. The second-order valence-corrected chi connectivity index (χ2v) is 7.07. The van der Waals surface area contributed by atoms with Crippen LogP contribution in [0, 0.1) is 16.0 Å². The normalized spacial score (nSPS) is 16.1. The van der Waals surface area contributed by atoms with E-state index in [0.29, 0.717) is 23.1 Å². The van der Waals surface area contributed by atoms with E-state index in [1.54, 1.807) is 19.2 Å². The summed E-state index contributed by atoms with van der Waals surface area (Å²) in [6.07, 6.45) is 3.51. The number of aromatic nitrogens is 6. The summed E-state index contributed by atoms with van der Waals surface area (Å²) in [4.78, 5) is 21.6. The van der Waals surface area contributed by atoms with Crippen LogP contribution >= 0.6 is 0 Å². The molecule has 0 spiro atoms. The highest BCUT2D eigenvalue weighted by atomic mass is 16.6. The number of hydrogen-bond donors (Lipinski definition) is 0. The average Bonchev–Trinajstić information content (AvgIpc) is 3.25. The quantitative estimate of drug-likeness (QED) is 0.294. The zero-order chi connectivity index (χ0) is 19.8. The number of piperidine rings is 1. The minimum atomic E-state index is -0.494. The highest BCUT2D eigenvalue weighted by Crippen LogP contribution is 2.22. The third kappa shape index (κ3) is 3.19. The fourth-order valence-corrected chi connectivity index (χ4v) is 3.32. The van der Waals surface area contributed by atoms with E-state index in [0.717, 1.165) is 37.7 Å². The topological polar surface area (TPSA) is 120 Å². The van der Waals surface area contributed by atoms with Crippen LogP contribution in [-0.2, 0) is 7.05 Å². The van der Waals surface area contributed by atoms with Gasteiger partial charge in [-0.25, -0.2) is 14.5 Å². The van der Waals surface area contributed by atoms with Gasteiger partial charge in [0.25, 0.3) is 5.82 Å². The third-order valence-corrected chi connectivity index (χ3v) is 5.12. The van der Waals surface area contributed by atoms with Crippen molar-refractivity contribution in [2.24, 2.45) is 18.0 Å². The Morgan fingerprint density at radius 2 is 2.00 bits per heavy atom. The van der Waals surface area contributed by atoms with Crippen LogP contribution in [0.4, 0.5) is 11.6 Å². The minimum Gasteiger partial charge on any atom is -0.360 e. The largest absolute Gasteiger partial charge is 0.360 e. The Labute approximate surface area is 160 Å². The van der Waals surface area contributed by atoms with Crippen LogP contribution < -0.4 is 0 Å². The molecule has 0 N–H and O–H groups in total. The molecule has 0 bridgehead atoms. The van der Waals surface area contributed by atoms with E-state index in [1.165, 1.54) is 15.3 Å². The fraction of sp³-hybridized carbons (Fsp3) is 0.471. The minimum absolute atomic E-state index is 0.129. The number of nitro groups is 1. The van der Waals surface area contributed by atoms with Crippen LogP contribution in [0.2, 0.25) is 0 Å². The zero-order valence-corrected chi connectivity index (χ0v) is 16.0. The van der Waals surface area contributed by atoms with Gasteiger partial charge in [0.2, 0.25) is 5.82 Å². The number of amidine groups is 1. The Hall–Kier alpha value is -3.37. The van der Waals surface area contributed by atoms with Crippen molar-refractivity contribution in [1.29, 1.82) is 0 Å². The second kappa shape index (κ2) is 6.98. The molecule has 1 aliphatic rings. The van der Waals surface area contributed by atoms with Gasteiger partial charge in [-0.15, -0.1) is 15.3 Å². The zero-order valence-electron chi connectivity index (χ0n) is 16.0. The van der Waals surface area contributed by atoms with Crippen LogP contribution in [0.15, 0.2) is 23.3 Å². The van der Waals surface area contributed by atoms with Gasteiger partial charge in [0.15, 0.2) is 11.5 Å². The summed E-state index contributed by atoms with van der Waals surface area (Å²) in [6, 6.07) is 3.55. The summed E-state index contributed by atoms with van der Waals surface area (Å²) in [6.45, 7) is 6.24. The van der Waals surface area contributed by atoms with Gasteiger partial charge in [-0.3, -0.25) is 0 Å². The van der Waals surface area contributed by atoms with E-state index in [1.807, 2.05) is 6.92 Å². The van der Waals surface area contributed by atoms with Crippen molar-refractivity contribution in [3.63, 3.8) is 0 Å². The molecule has 28 heavy (non-hydrogen) atoms. The number of hydrogen-bond acceptors (Lipinski definition) is 7. The van der Waals surface area contributed by atoms with E-state index in [-0.39, 0.29) is 5.82 Å². The van der Waals surface area contributed by atoms with Gasteiger partial charge in [0.1, 0.15) is 12.0 Å². The monoisotopic (exact) mass is 383 g/mol. The number of likely N-dealkylation sites (tertiary alicyclic amines) is 1. The molecule has 11 heteroatoms. The van der Waals surface area contributed by atoms with E-state index >= 15 is 0 Å². The third-order valence-electron chi connectivity index (χ3n) is 5.12. The molecular weight excluding hydrogens is 362 g/mol. The lowest BCUT2D eigenvalue weighted by Gasteiger charge is -2.31. The molecule has 1 fully saturated rings. The van der Waals surface area contributed by atoms with Gasteiger partial charge in [-0.1, -0.05) is 6.92 Å². The van der Waals surface area contributed by atoms with Crippen LogP contribution in [-0.4, -0.2) is 58.1 Å². The van der Waals surface area contributed by atoms with Crippen molar-refractivity contribution < 1.29 is 4.92 Å². The van der Waals surface area contributed by atoms with Gasteiger partial charge >= 0.3 is 5.82 Å². The standard InChI is InChI=1S/C17H21N9O2/c1-11-6-8-24(9-7-11)12(2)19-13-4-5-14-20-21-17(25(14)22-13)16-18-10-15(23(16)3)26(27)28/h4-5,10-11H,6-9H2,1-3H3. The predicted octanol–water partition coefficient (Wildman–Crippen LogP) is 2.21. The highest BCUT2D eigenvalue weighted by Gasteiger charge is 2.23. The molecule has 0 unspecified atom stereocenters. The Balaban J connectivity index is 1.69. The maximum absolute atomic E-state index is 11.1. The second-order valence-electron chi connectivity index (χ2n) is 7.07. The summed E-state index contributed by atoms with van der Waals surface area (Å²) < 4.78 is 2.87. The Kier molecular flexibility index (Phi) is 4.49. The van der Waals surface area contributed by atoms with Gasteiger partial charge in [-0.05, 0) is 42.7 Å². The van der Waals surface area contributed by atoms with Crippen LogP contribution in [0.5, 0.6) is 0 Å². The first-order valence-corrected chi connectivity index (χ1v) is 9.13. The van der Waals surface area contributed by atoms with Crippen LogP contribution in [0.25, 0.3) is 17.3 Å². The number of imidazole rings is 1. The molecule has 0 radical (unpaired) electrons. The molecule has 0 aromatic carbocycles. The lowest BCUT2D eigenvalue weighted by atomic mass is 9.99. The molecule has 0 atom stereocenters. The first-order valence-electron chi connectivity index (χ1n) is 9.13. The number of fused-ring (bicyclic) bond motifs is 1. The van der Waals surface area contributed by atoms with Gasteiger partial charge in [0, 0.05) is 13.1 Å². The van der Waals surface area contributed by atoms with Crippen LogP contribution in [0.1, 0.15) is 26.7 Å². The SMILES string of the molecule is CC(=Nc1ccc2nnc(-c3ncc([N+](=O)[O-])n3C)n2n1)N1CCC(C)CC1. The molecule has 0 amide bonds. The molecular formula is C17H21N9O2. The first kappa shape index (κ1) is 18.0. The molecule has 4 rings (SSSR count). The summed E-state index contributed by atoms with van der Waals surface area (Å²) in [5, 5.41) is 23.8. The van der Waals surface area contributed by atoms with Crippen molar-refractivity contribution in [1.82, 2.24) is 34.3 Å². The van der Waals surface area contributed by atoms with E-state index in [4.69, 9.17) is 0 Å². The molecule has 3 aromatic heterocycles. The molecule has 0 aliphatic carbocycles. The fourth-order valence-electron chi connectivity index (χ4n) is 3.32. The Morgan fingerprint density at radius 1 is 1.25 bits per heavy atom. The molecule has 3 aromatic rings. The molecule has 1 saturated heterocycles. The first-order chi connectivity index (χ1) is 13.4. The molecule has 146 valence electrons. The van der Waals surface area contributed by atoms with Gasteiger partial charge in [-0.2, -0.15) is 4.52 Å². The maximum Gasteiger partial charge on any atom is 0.343 e. The number of aliphatic imine (C=N–C) groups is 1. The number of rotatable bonds is 3. The molecule has 4 heterocycles. The molecule has 11 nitrogen and oxygen atoms in total. The lowest BCUT2D eigenvalue weighted by Crippen LogP contribution is -2.36. The van der Waals surface area contributed by atoms with Crippen molar-refractivity contribution >= 4 is 23.1 Å². The average molecular weight is 383 g/mol. The summed E-state index contributed by atoms with van der Waals surface area (Å²) in [7, 11) is 1.56. The van der Waals surface area contributed by atoms with Crippen molar-refractivity contribution in [2.75, 3.05) is 13.1 Å². The van der Waals surface area contributed by atoms with E-state index in [2.05, 4.69) is 37.1 Å². The predicted molar refractivity (Wildman–Crippen MR) is 102 cm³/mol. The molecule has 0 saturated carbocycles.